The van der Waals surface area contributed by atoms with Gasteiger partial charge in [0, 0.05) is 23.7 Å². The standard InChI is InChI=1S/C13H14N4O2/c1-8-6-10(9-4-3-5-15-7-9)17-12(16-8)11(14-2)13(18)19/h3-7,11,14H,1-2H3,(H,18,19). The number of nitrogens with zero attached hydrogens (tertiary/aromatic N) is 3. The van der Waals surface area contributed by atoms with Gasteiger partial charge in [-0.15, -0.1) is 0 Å². The molecule has 0 amide bonds. The molecule has 2 aromatic rings. The van der Waals surface area contributed by atoms with Crippen LogP contribution in [0.15, 0.2) is 30.6 Å². The third-order valence-electron chi connectivity index (χ3n) is 2.62. The zero-order chi connectivity index (χ0) is 13.8. The van der Waals surface area contributed by atoms with Crippen LogP contribution in [-0.2, 0) is 4.79 Å². The largest absolute Gasteiger partial charge is 0.480 e. The lowest BCUT2D eigenvalue weighted by atomic mass is 10.1. The highest BCUT2D eigenvalue weighted by atomic mass is 16.4. The van der Waals surface area contributed by atoms with Gasteiger partial charge < -0.3 is 10.4 Å². The predicted octanol–water partition coefficient (Wildman–Crippen LogP) is 1.19. The molecule has 2 aromatic heterocycles. The first-order valence-corrected chi connectivity index (χ1v) is 5.78. The first-order chi connectivity index (χ1) is 9.11. The predicted molar refractivity (Wildman–Crippen MR) is 69.4 cm³/mol. The Bertz CT molecular complexity index is 586. The Morgan fingerprint density at radius 3 is 2.79 bits per heavy atom. The molecule has 2 rings (SSSR count). The lowest BCUT2D eigenvalue weighted by Crippen LogP contribution is -2.27. The van der Waals surface area contributed by atoms with Gasteiger partial charge in [0.2, 0.25) is 0 Å². The molecule has 2 heterocycles. The molecule has 1 atom stereocenters. The number of nitrogens with one attached hydrogen (secondary N) is 1. The van der Waals surface area contributed by atoms with Crippen molar-refractivity contribution in [2.24, 2.45) is 0 Å². The van der Waals surface area contributed by atoms with Crippen LogP contribution in [0, 0.1) is 6.92 Å². The van der Waals surface area contributed by atoms with E-state index < -0.39 is 12.0 Å². The van der Waals surface area contributed by atoms with Gasteiger partial charge in [-0.3, -0.25) is 9.78 Å². The van der Waals surface area contributed by atoms with Gasteiger partial charge in [-0.2, -0.15) is 0 Å². The molecule has 6 heteroatoms. The molecule has 6 nitrogen and oxygen atoms in total. The second-order valence-corrected chi connectivity index (χ2v) is 4.05. The van der Waals surface area contributed by atoms with E-state index in [1.54, 1.807) is 38.5 Å². The summed E-state index contributed by atoms with van der Waals surface area (Å²) >= 11 is 0. The van der Waals surface area contributed by atoms with Crippen molar-refractivity contribution in [3.8, 4) is 11.3 Å². The zero-order valence-electron chi connectivity index (χ0n) is 10.7. The molecule has 0 bridgehead atoms. The summed E-state index contributed by atoms with van der Waals surface area (Å²) in [7, 11) is 1.56. The molecule has 1 unspecified atom stereocenters. The number of carbonyl (C=O) groups is 1. The van der Waals surface area contributed by atoms with Crippen molar-refractivity contribution in [2.45, 2.75) is 13.0 Å². The van der Waals surface area contributed by atoms with E-state index in [1.165, 1.54) is 0 Å². The average molecular weight is 258 g/mol. The van der Waals surface area contributed by atoms with Gasteiger partial charge in [-0.25, -0.2) is 9.97 Å². The smallest absolute Gasteiger partial charge is 0.328 e. The highest BCUT2D eigenvalue weighted by Gasteiger charge is 2.21. The fraction of sp³-hybridized carbons (Fsp3) is 0.231. The Balaban J connectivity index is 2.48. The molecule has 0 aliphatic carbocycles. The van der Waals surface area contributed by atoms with E-state index in [9.17, 15) is 4.79 Å². The van der Waals surface area contributed by atoms with Gasteiger partial charge in [0.25, 0.3) is 0 Å². The summed E-state index contributed by atoms with van der Waals surface area (Å²) in [5, 5.41) is 11.8. The lowest BCUT2D eigenvalue weighted by molar-refractivity contribution is -0.139. The van der Waals surface area contributed by atoms with Gasteiger partial charge in [0.05, 0.1) is 5.69 Å². The molecule has 0 aliphatic rings. The molecule has 0 spiro atoms. The van der Waals surface area contributed by atoms with Crippen LogP contribution in [0.3, 0.4) is 0 Å². The second-order valence-electron chi connectivity index (χ2n) is 4.05. The fourth-order valence-corrected chi connectivity index (χ4v) is 1.75. The van der Waals surface area contributed by atoms with Crippen molar-refractivity contribution in [3.05, 3.63) is 42.1 Å². The molecule has 0 saturated carbocycles. The molecular formula is C13H14N4O2. The van der Waals surface area contributed by atoms with Crippen LogP contribution in [0.4, 0.5) is 0 Å². The third kappa shape index (κ3) is 2.92. The van der Waals surface area contributed by atoms with Crippen LogP contribution in [0.1, 0.15) is 17.6 Å². The second kappa shape index (κ2) is 5.53. The van der Waals surface area contributed by atoms with Crippen molar-refractivity contribution >= 4 is 5.97 Å². The van der Waals surface area contributed by atoms with Crippen molar-refractivity contribution in [1.82, 2.24) is 20.3 Å². The van der Waals surface area contributed by atoms with E-state index in [0.29, 0.717) is 11.4 Å². The minimum Gasteiger partial charge on any atom is -0.480 e. The highest BCUT2D eigenvalue weighted by Crippen LogP contribution is 2.18. The maximum absolute atomic E-state index is 11.1. The number of carboxylic acids is 1. The molecule has 2 N–H and O–H groups in total. The van der Waals surface area contributed by atoms with Gasteiger partial charge >= 0.3 is 5.97 Å². The number of hydrogen-bond donors (Lipinski definition) is 2. The highest BCUT2D eigenvalue weighted by molar-refractivity contribution is 5.74. The van der Waals surface area contributed by atoms with E-state index >= 15 is 0 Å². The van der Waals surface area contributed by atoms with Crippen molar-refractivity contribution in [3.63, 3.8) is 0 Å². The zero-order valence-corrected chi connectivity index (χ0v) is 10.7. The first kappa shape index (κ1) is 13.1. The van der Waals surface area contributed by atoms with E-state index in [2.05, 4.69) is 20.3 Å². The normalized spacial score (nSPS) is 12.1. The maximum atomic E-state index is 11.1. The maximum Gasteiger partial charge on any atom is 0.328 e. The Morgan fingerprint density at radius 1 is 1.42 bits per heavy atom. The SMILES string of the molecule is CNC(C(=O)O)c1nc(C)cc(-c2cccnc2)n1. The molecule has 19 heavy (non-hydrogen) atoms. The van der Waals surface area contributed by atoms with Gasteiger partial charge in [0.1, 0.15) is 0 Å². The third-order valence-corrected chi connectivity index (χ3v) is 2.62. The fourth-order valence-electron chi connectivity index (χ4n) is 1.75. The van der Waals surface area contributed by atoms with Crippen molar-refractivity contribution < 1.29 is 9.90 Å². The monoisotopic (exact) mass is 258 g/mol. The van der Waals surface area contributed by atoms with E-state index in [4.69, 9.17) is 5.11 Å². The number of carboxylic acid groups (broad SMARTS) is 1. The summed E-state index contributed by atoms with van der Waals surface area (Å²) in [4.78, 5) is 23.6. The summed E-state index contributed by atoms with van der Waals surface area (Å²) in [5.41, 5.74) is 2.21. The Morgan fingerprint density at radius 2 is 2.21 bits per heavy atom. The number of rotatable bonds is 4. The first-order valence-electron chi connectivity index (χ1n) is 5.78. The minimum absolute atomic E-state index is 0.244. The molecule has 0 radical (unpaired) electrons. The van der Waals surface area contributed by atoms with E-state index in [0.717, 1.165) is 5.56 Å². The van der Waals surface area contributed by atoms with Crippen LogP contribution in [0.2, 0.25) is 0 Å². The Labute approximate surface area is 110 Å². The molecule has 98 valence electrons. The topological polar surface area (TPSA) is 88.0 Å². The minimum atomic E-state index is -1.01. The van der Waals surface area contributed by atoms with Gasteiger partial charge in [0.15, 0.2) is 11.9 Å². The van der Waals surface area contributed by atoms with E-state index in [1.807, 2.05) is 6.07 Å². The van der Waals surface area contributed by atoms with Crippen molar-refractivity contribution in [2.75, 3.05) is 7.05 Å². The molecule has 0 fully saturated rings. The molecule has 0 saturated heterocycles. The average Bonchev–Trinajstić information content (AvgIpc) is 2.39. The van der Waals surface area contributed by atoms with Crippen molar-refractivity contribution in [1.29, 1.82) is 0 Å². The number of pyridine rings is 1. The van der Waals surface area contributed by atoms with Crippen LogP contribution < -0.4 is 5.32 Å². The molecular weight excluding hydrogens is 244 g/mol. The summed E-state index contributed by atoms with van der Waals surface area (Å²) in [5.74, 6) is -0.765. The molecule has 0 aromatic carbocycles. The van der Waals surface area contributed by atoms with Gasteiger partial charge in [-0.1, -0.05) is 0 Å². The van der Waals surface area contributed by atoms with Crippen LogP contribution in [0.5, 0.6) is 0 Å². The van der Waals surface area contributed by atoms with E-state index in [-0.39, 0.29) is 5.82 Å². The number of aliphatic carboxylic acids is 1. The lowest BCUT2D eigenvalue weighted by Gasteiger charge is -2.12. The van der Waals surface area contributed by atoms with Crippen LogP contribution in [0.25, 0.3) is 11.3 Å². The van der Waals surface area contributed by atoms with Gasteiger partial charge in [-0.05, 0) is 32.2 Å². The summed E-state index contributed by atoms with van der Waals surface area (Å²) in [6.07, 6.45) is 3.35. The summed E-state index contributed by atoms with van der Waals surface area (Å²) in [6, 6.07) is 4.55. The number of aryl methyl sites for hydroxylation is 1. The molecule has 0 aliphatic heterocycles. The number of hydrogen-bond acceptors (Lipinski definition) is 5. The van der Waals surface area contributed by atoms with Crippen LogP contribution >= 0.6 is 0 Å². The number of aromatic nitrogens is 3. The summed E-state index contributed by atoms with van der Waals surface area (Å²) < 4.78 is 0. The Hall–Kier alpha value is -2.34. The number of likely N-dealkylation sites (N-methyl/N-ethyl adjacent to an activating group) is 1. The van der Waals surface area contributed by atoms with Crippen LogP contribution in [-0.4, -0.2) is 33.1 Å². The Kier molecular flexibility index (Phi) is 3.82. The summed E-state index contributed by atoms with van der Waals surface area (Å²) in [6.45, 7) is 1.81. The quantitative estimate of drug-likeness (QED) is 0.856.